The lowest BCUT2D eigenvalue weighted by Crippen LogP contribution is -2.47. The van der Waals surface area contributed by atoms with Crippen LogP contribution in [0, 0.1) is 11.8 Å². The summed E-state index contributed by atoms with van der Waals surface area (Å²) in [4.78, 5) is 53.8. The van der Waals surface area contributed by atoms with E-state index in [4.69, 9.17) is 0 Å². The molecule has 43 heavy (non-hydrogen) atoms. The molecule has 0 radical (unpaired) electrons. The van der Waals surface area contributed by atoms with Crippen LogP contribution >= 0.6 is 0 Å². The van der Waals surface area contributed by atoms with Crippen LogP contribution in [-0.2, 0) is 38.4 Å². The fraction of sp³-hybridized carbons (Fsp3) is 0.543. The number of Topliss-reactive ketones (excluding diaryl/α,β-unsaturated/α-hetero) is 1. The molecule has 0 saturated carbocycles. The number of rotatable bonds is 15. The first-order valence-corrected chi connectivity index (χ1v) is 15.9. The second-order valence-corrected chi connectivity index (χ2v) is 12.7. The van der Waals surface area contributed by atoms with E-state index < -0.39 is 24.0 Å². The number of carbonyl (C=O) groups excluding carboxylic acids is 3. The Morgan fingerprint density at radius 3 is 2.26 bits per heavy atom. The molecule has 2 aromatic rings. The zero-order valence-electron chi connectivity index (χ0n) is 25.6. The summed E-state index contributed by atoms with van der Waals surface area (Å²) in [7, 11) is 0. The van der Waals surface area contributed by atoms with E-state index in [2.05, 4.69) is 36.6 Å². The standard InChI is InChI=1S/C35H47N3O5/c1-24(2)12-13-25-14-16-27(17-15-25)20-28(34(41)38-19-7-11-32(38)35(42)43)22-30(39)23-29(21-26-8-4-3-5-9-26)37-33(40)31-10-6-18-36-31/h3-5,8-9,14-17,24,28-29,31-32,36H,6-7,10-13,18-23H2,1-2H3,(H,37,40)(H,42,43)/t28-,29+,31+,32+/m1/s1. The number of aliphatic carboxylic acids is 1. The molecule has 0 spiro atoms. The highest BCUT2D eigenvalue weighted by Gasteiger charge is 2.38. The van der Waals surface area contributed by atoms with E-state index in [0.29, 0.717) is 38.1 Å². The zero-order valence-corrected chi connectivity index (χ0v) is 25.6. The van der Waals surface area contributed by atoms with Crippen molar-refractivity contribution in [3.8, 4) is 0 Å². The number of benzene rings is 2. The van der Waals surface area contributed by atoms with Crippen LogP contribution in [0.4, 0.5) is 0 Å². The Morgan fingerprint density at radius 2 is 1.60 bits per heavy atom. The van der Waals surface area contributed by atoms with Gasteiger partial charge in [0.25, 0.3) is 0 Å². The number of nitrogens with one attached hydrogen (secondary N) is 2. The molecule has 2 amide bonds. The number of ketones is 1. The third-order valence-electron chi connectivity index (χ3n) is 8.68. The van der Waals surface area contributed by atoms with Crippen molar-refractivity contribution in [2.24, 2.45) is 11.8 Å². The molecule has 0 aromatic heterocycles. The summed E-state index contributed by atoms with van der Waals surface area (Å²) in [6.45, 7) is 5.59. The minimum atomic E-state index is -1.00. The lowest BCUT2D eigenvalue weighted by Gasteiger charge is -2.27. The first kappa shape index (κ1) is 32.4. The SMILES string of the molecule is CC(C)CCc1ccc(C[C@H](CC(=O)C[C@H](Cc2ccccc2)NC(=O)[C@@H]2CCCN2)C(=O)N2CCC[C@H]2C(=O)O)cc1. The van der Waals surface area contributed by atoms with Gasteiger partial charge in [-0.1, -0.05) is 68.4 Å². The van der Waals surface area contributed by atoms with Crippen LogP contribution < -0.4 is 10.6 Å². The van der Waals surface area contributed by atoms with Crippen molar-refractivity contribution in [1.29, 1.82) is 0 Å². The Kier molecular flexibility index (Phi) is 11.9. The van der Waals surface area contributed by atoms with Crippen LogP contribution in [0.1, 0.15) is 75.5 Å². The molecule has 0 aliphatic carbocycles. The normalized spacial score (nSPS) is 19.7. The van der Waals surface area contributed by atoms with Gasteiger partial charge in [0.15, 0.2) is 0 Å². The number of carboxylic acid groups (broad SMARTS) is 1. The number of nitrogens with zero attached hydrogens (tertiary/aromatic N) is 1. The summed E-state index contributed by atoms with van der Waals surface area (Å²) in [6.07, 6.45) is 5.82. The number of carbonyl (C=O) groups is 4. The molecular formula is C35H47N3O5. The van der Waals surface area contributed by atoms with Gasteiger partial charge in [-0.2, -0.15) is 0 Å². The highest BCUT2D eigenvalue weighted by Crippen LogP contribution is 2.25. The number of aryl methyl sites for hydroxylation is 1. The van der Waals surface area contributed by atoms with Gasteiger partial charge in [0.05, 0.1) is 6.04 Å². The van der Waals surface area contributed by atoms with Gasteiger partial charge in [0.2, 0.25) is 11.8 Å². The van der Waals surface area contributed by atoms with Crippen molar-refractivity contribution in [3.63, 3.8) is 0 Å². The van der Waals surface area contributed by atoms with Crippen LogP contribution in [0.2, 0.25) is 0 Å². The molecule has 4 atom stereocenters. The summed E-state index contributed by atoms with van der Waals surface area (Å²) in [5.41, 5.74) is 3.21. The molecule has 0 unspecified atom stereocenters. The first-order valence-electron chi connectivity index (χ1n) is 15.9. The fourth-order valence-corrected chi connectivity index (χ4v) is 6.27. The smallest absolute Gasteiger partial charge is 0.326 e. The fourth-order valence-electron chi connectivity index (χ4n) is 6.27. The average molecular weight is 590 g/mol. The summed E-state index contributed by atoms with van der Waals surface area (Å²) in [5, 5.41) is 16.1. The summed E-state index contributed by atoms with van der Waals surface area (Å²) >= 11 is 0. The number of hydrogen-bond donors (Lipinski definition) is 3. The lowest BCUT2D eigenvalue weighted by atomic mass is 9.89. The molecule has 232 valence electrons. The molecule has 2 aliphatic rings. The number of likely N-dealkylation sites (tertiary alicyclic amines) is 1. The number of carboxylic acids is 1. The lowest BCUT2D eigenvalue weighted by molar-refractivity contribution is -0.150. The molecule has 8 heteroatoms. The number of hydrogen-bond acceptors (Lipinski definition) is 5. The van der Waals surface area contributed by atoms with Gasteiger partial charge in [-0.25, -0.2) is 4.79 Å². The highest BCUT2D eigenvalue weighted by atomic mass is 16.4. The van der Waals surface area contributed by atoms with Gasteiger partial charge in [-0.05, 0) is 80.5 Å². The summed E-state index contributed by atoms with van der Waals surface area (Å²) < 4.78 is 0. The van der Waals surface area contributed by atoms with Crippen LogP contribution in [0.3, 0.4) is 0 Å². The quantitative estimate of drug-likeness (QED) is 0.285. The number of amides is 2. The van der Waals surface area contributed by atoms with Gasteiger partial charge in [-0.3, -0.25) is 14.4 Å². The molecule has 2 aliphatic heterocycles. The Balaban J connectivity index is 1.49. The predicted molar refractivity (Wildman–Crippen MR) is 167 cm³/mol. The second kappa shape index (κ2) is 15.8. The van der Waals surface area contributed by atoms with E-state index in [0.717, 1.165) is 43.4 Å². The van der Waals surface area contributed by atoms with Crippen molar-refractivity contribution in [2.45, 2.75) is 96.2 Å². The van der Waals surface area contributed by atoms with Crippen LogP contribution in [-0.4, -0.2) is 64.8 Å². The zero-order chi connectivity index (χ0) is 30.8. The van der Waals surface area contributed by atoms with Crippen molar-refractivity contribution < 1.29 is 24.3 Å². The minimum Gasteiger partial charge on any atom is -0.480 e. The van der Waals surface area contributed by atoms with E-state index >= 15 is 0 Å². The summed E-state index contributed by atoms with van der Waals surface area (Å²) in [5.74, 6) is -1.55. The molecule has 0 bridgehead atoms. The molecule has 2 heterocycles. The van der Waals surface area contributed by atoms with E-state index in [1.807, 2.05) is 42.5 Å². The Bertz CT molecular complexity index is 1220. The maximum atomic E-state index is 13.8. The van der Waals surface area contributed by atoms with Gasteiger partial charge in [0, 0.05) is 31.3 Å². The van der Waals surface area contributed by atoms with Crippen LogP contribution in [0.5, 0.6) is 0 Å². The van der Waals surface area contributed by atoms with Crippen molar-refractivity contribution >= 4 is 23.6 Å². The van der Waals surface area contributed by atoms with Gasteiger partial charge < -0.3 is 20.6 Å². The largest absolute Gasteiger partial charge is 0.480 e. The third kappa shape index (κ3) is 9.75. The van der Waals surface area contributed by atoms with Gasteiger partial charge in [0.1, 0.15) is 11.8 Å². The van der Waals surface area contributed by atoms with Crippen LogP contribution in [0.15, 0.2) is 54.6 Å². The maximum Gasteiger partial charge on any atom is 0.326 e. The van der Waals surface area contributed by atoms with Crippen molar-refractivity contribution in [2.75, 3.05) is 13.1 Å². The molecule has 4 rings (SSSR count). The van der Waals surface area contributed by atoms with E-state index in [-0.39, 0.29) is 36.5 Å². The molecular weight excluding hydrogens is 542 g/mol. The van der Waals surface area contributed by atoms with Gasteiger partial charge in [-0.15, -0.1) is 0 Å². The van der Waals surface area contributed by atoms with Crippen molar-refractivity contribution in [1.82, 2.24) is 15.5 Å². The Morgan fingerprint density at radius 1 is 0.907 bits per heavy atom. The molecule has 3 N–H and O–H groups in total. The molecule has 2 saturated heterocycles. The summed E-state index contributed by atoms with van der Waals surface area (Å²) in [6, 6.07) is 16.5. The topological polar surface area (TPSA) is 116 Å². The maximum absolute atomic E-state index is 13.8. The molecule has 2 fully saturated rings. The third-order valence-corrected chi connectivity index (χ3v) is 8.68. The van der Waals surface area contributed by atoms with Crippen molar-refractivity contribution in [3.05, 3.63) is 71.3 Å². The molecule has 8 nitrogen and oxygen atoms in total. The molecule has 2 aromatic carbocycles. The predicted octanol–water partition coefficient (Wildman–Crippen LogP) is 4.34. The van der Waals surface area contributed by atoms with E-state index in [9.17, 15) is 24.3 Å². The second-order valence-electron chi connectivity index (χ2n) is 12.7. The van der Waals surface area contributed by atoms with Crippen LogP contribution in [0.25, 0.3) is 0 Å². The highest BCUT2D eigenvalue weighted by molar-refractivity contribution is 5.90. The minimum absolute atomic E-state index is 0.000385. The van der Waals surface area contributed by atoms with E-state index in [1.54, 1.807) is 0 Å². The van der Waals surface area contributed by atoms with E-state index in [1.165, 1.54) is 10.5 Å². The monoisotopic (exact) mass is 589 g/mol. The Labute approximate surface area is 255 Å². The average Bonchev–Trinajstić information content (AvgIpc) is 3.70. The first-order chi connectivity index (χ1) is 20.7. The Hall–Kier alpha value is -3.52. The van der Waals surface area contributed by atoms with Gasteiger partial charge >= 0.3 is 5.97 Å².